The molecule has 0 aliphatic carbocycles. The molecule has 0 atom stereocenters. The molecular formula is C28H38N2O11. The molecule has 4 amide bonds. The lowest BCUT2D eigenvalue weighted by Crippen LogP contribution is -2.33. The Morgan fingerprint density at radius 3 is 1.05 bits per heavy atom. The number of hydrogen-bond donors (Lipinski definition) is 0. The SMILES string of the molecule is O=C1C=CC(=O)N1CCOCCOCCOCCOCCOCCOCCOCCN1C(=O)c2ccccc2C1=O. The number of carbonyl (C=O) groups is 4. The van der Waals surface area contributed by atoms with Crippen molar-refractivity contribution in [2.45, 2.75) is 0 Å². The van der Waals surface area contributed by atoms with Gasteiger partial charge in [0.15, 0.2) is 0 Å². The Morgan fingerprint density at radius 2 is 0.707 bits per heavy atom. The summed E-state index contributed by atoms with van der Waals surface area (Å²) < 4.78 is 37.9. The van der Waals surface area contributed by atoms with Crippen molar-refractivity contribution in [2.75, 3.05) is 106 Å². The quantitative estimate of drug-likeness (QED) is 0.124. The van der Waals surface area contributed by atoms with Gasteiger partial charge in [-0.3, -0.25) is 29.0 Å². The van der Waals surface area contributed by atoms with E-state index < -0.39 is 0 Å². The Balaban J connectivity index is 0.982. The van der Waals surface area contributed by atoms with E-state index in [9.17, 15) is 19.2 Å². The maximum absolute atomic E-state index is 12.3. The van der Waals surface area contributed by atoms with E-state index in [0.717, 1.165) is 4.90 Å². The first-order valence-electron chi connectivity index (χ1n) is 13.6. The van der Waals surface area contributed by atoms with E-state index in [1.54, 1.807) is 24.3 Å². The fraction of sp³-hybridized carbons (Fsp3) is 0.571. The fourth-order valence-corrected chi connectivity index (χ4v) is 3.83. The van der Waals surface area contributed by atoms with Crippen molar-refractivity contribution >= 4 is 23.6 Å². The van der Waals surface area contributed by atoms with Crippen LogP contribution in [0.15, 0.2) is 36.4 Å². The van der Waals surface area contributed by atoms with Gasteiger partial charge in [-0.25, -0.2) is 0 Å². The highest BCUT2D eigenvalue weighted by atomic mass is 16.6. The van der Waals surface area contributed by atoms with Crippen molar-refractivity contribution in [1.82, 2.24) is 9.80 Å². The summed E-state index contributed by atoms with van der Waals surface area (Å²) in [5.74, 6) is -1.20. The van der Waals surface area contributed by atoms with Gasteiger partial charge in [0.25, 0.3) is 23.6 Å². The van der Waals surface area contributed by atoms with Crippen LogP contribution >= 0.6 is 0 Å². The number of imide groups is 2. The maximum Gasteiger partial charge on any atom is 0.261 e. The molecule has 0 saturated heterocycles. The molecule has 0 aromatic heterocycles. The Bertz CT molecular complexity index is 964. The van der Waals surface area contributed by atoms with E-state index in [4.69, 9.17) is 33.2 Å². The van der Waals surface area contributed by atoms with Gasteiger partial charge in [-0.15, -0.1) is 0 Å². The second-order valence-corrected chi connectivity index (χ2v) is 8.76. The third kappa shape index (κ3) is 11.4. The minimum atomic E-state index is -0.314. The summed E-state index contributed by atoms with van der Waals surface area (Å²) in [7, 11) is 0. The van der Waals surface area contributed by atoms with E-state index in [0.29, 0.717) is 90.4 Å². The molecule has 0 bridgehead atoms. The molecule has 13 nitrogen and oxygen atoms in total. The first-order valence-corrected chi connectivity index (χ1v) is 13.6. The Kier molecular flexibility index (Phi) is 15.2. The van der Waals surface area contributed by atoms with E-state index in [-0.39, 0.29) is 49.9 Å². The van der Waals surface area contributed by atoms with Gasteiger partial charge >= 0.3 is 0 Å². The van der Waals surface area contributed by atoms with Gasteiger partial charge in [-0.1, -0.05) is 12.1 Å². The van der Waals surface area contributed by atoms with Crippen LogP contribution in [0.4, 0.5) is 0 Å². The van der Waals surface area contributed by atoms with Crippen LogP contribution in [0.2, 0.25) is 0 Å². The average Bonchev–Trinajstić information content (AvgIpc) is 3.43. The van der Waals surface area contributed by atoms with E-state index in [2.05, 4.69) is 0 Å². The molecule has 41 heavy (non-hydrogen) atoms. The second-order valence-electron chi connectivity index (χ2n) is 8.76. The number of rotatable bonds is 24. The molecule has 1 aromatic rings. The van der Waals surface area contributed by atoms with E-state index >= 15 is 0 Å². The normalized spacial score (nSPS) is 14.6. The largest absolute Gasteiger partial charge is 0.377 e. The highest BCUT2D eigenvalue weighted by Crippen LogP contribution is 2.21. The smallest absolute Gasteiger partial charge is 0.261 e. The van der Waals surface area contributed by atoms with Gasteiger partial charge in [-0.05, 0) is 12.1 Å². The monoisotopic (exact) mass is 578 g/mol. The van der Waals surface area contributed by atoms with E-state index in [1.807, 2.05) is 0 Å². The highest BCUT2D eigenvalue weighted by molar-refractivity contribution is 6.21. The molecule has 2 heterocycles. The maximum atomic E-state index is 12.3. The van der Waals surface area contributed by atoms with Gasteiger partial charge < -0.3 is 33.2 Å². The van der Waals surface area contributed by atoms with Crippen LogP contribution < -0.4 is 0 Å². The Morgan fingerprint density at radius 1 is 0.415 bits per heavy atom. The Labute approximate surface area is 239 Å². The molecule has 0 N–H and O–H groups in total. The number of amides is 4. The number of hydrogen-bond acceptors (Lipinski definition) is 11. The Hall–Kier alpha value is -3.04. The lowest BCUT2D eigenvalue weighted by Gasteiger charge is -2.13. The predicted octanol–water partition coefficient (Wildman–Crippen LogP) is 0.324. The van der Waals surface area contributed by atoms with Gasteiger partial charge in [0.2, 0.25) is 0 Å². The third-order valence-electron chi connectivity index (χ3n) is 5.93. The molecule has 1 aromatic carbocycles. The van der Waals surface area contributed by atoms with Crippen LogP contribution in [0.1, 0.15) is 20.7 Å². The molecule has 0 saturated carbocycles. The lowest BCUT2D eigenvalue weighted by molar-refractivity contribution is -0.137. The van der Waals surface area contributed by atoms with Crippen molar-refractivity contribution in [3.63, 3.8) is 0 Å². The number of benzene rings is 1. The van der Waals surface area contributed by atoms with Crippen molar-refractivity contribution in [3.8, 4) is 0 Å². The van der Waals surface area contributed by atoms with Gasteiger partial charge in [-0.2, -0.15) is 0 Å². The summed E-state index contributed by atoms with van der Waals surface area (Å²) in [4.78, 5) is 49.6. The second kappa shape index (κ2) is 19.1. The van der Waals surface area contributed by atoms with Crippen molar-refractivity contribution in [3.05, 3.63) is 47.5 Å². The molecule has 2 aliphatic rings. The van der Waals surface area contributed by atoms with Gasteiger partial charge in [0.05, 0.1) is 117 Å². The molecule has 0 spiro atoms. The number of carbonyl (C=O) groups excluding carboxylic acids is 4. The zero-order valence-corrected chi connectivity index (χ0v) is 23.2. The first kappa shape index (κ1) is 32.5. The zero-order chi connectivity index (χ0) is 29.1. The predicted molar refractivity (Wildman–Crippen MR) is 143 cm³/mol. The number of ether oxygens (including phenoxy) is 7. The van der Waals surface area contributed by atoms with Crippen LogP contribution in [0.25, 0.3) is 0 Å². The van der Waals surface area contributed by atoms with Crippen LogP contribution in [0, 0.1) is 0 Å². The summed E-state index contributed by atoms with van der Waals surface area (Å²) in [6.45, 7) is 5.97. The summed E-state index contributed by atoms with van der Waals surface area (Å²) >= 11 is 0. The summed E-state index contributed by atoms with van der Waals surface area (Å²) in [5.41, 5.74) is 0.871. The van der Waals surface area contributed by atoms with Crippen molar-refractivity contribution < 1.29 is 52.3 Å². The molecular weight excluding hydrogens is 540 g/mol. The van der Waals surface area contributed by atoms with Crippen molar-refractivity contribution in [2.24, 2.45) is 0 Å². The third-order valence-corrected chi connectivity index (χ3v) is 5.93. The van der Waals surface area contributed by atoms with Crippen LogP contribution in [-0.4, -0.2) is 139 Å². The van der Waals surface area contributed by atoms with Gasteiger partial charge in [0.1, 0.15) is 0 Å². The summed E-state index contributed by atoms with van der Waals surface area (Å²) in [6.07, 6.45) is 2.50. The molecule has 226 valence electrons. The molecule has 0 fully saturated rings. The first-order chi connectivity index (χ1) is 20.1. The average molecular weight is 579 g/mol. The minimum absolute atomic E-state index is 0.207. The van der Waals surface area contributed by atoms with Gasteiger partial charge in [0, 0.05) is 12.2 Å². The van der Waals surface area contributed by atoms with Crippen molar-refractivity contribution in [1.29, 1.82) is 0 Å². The van der Waals surface area contributed by atoms with Crippen LogP contribution in [-0.2, 0) is 42.7 Å². The molecule has 0 unspecified atom stereocenters. The van der Waals surface area contributed by atoms with E-state index in [1.165, 1.54) is 17.1 Å². The molecule has 0 radical (unpaired) electrons. The topological polar surface area (TPSA) is 139 Å². The van der Waals surface area contributed by atoms with Crippen LogP contribution in [0.5, 0.6) is 0 Å². The molecule has 2 aliphatic heterocycles. The summed E-state index contributed by atoms with van der Waals surface area (Å²) in [5, 5.41) is 0. The highest BCUT2D eigenvalue weighted by Gasteiger charge is 2.34. The lowest BCUT2D eigenvalue weighted by atomic mass is 10.1. The standard InChI is InChI=1S/C28H38N2O11/c31-25-5-6-26(32)29(25)7-9-35-11-13-37-15-17-39-19-21-41-22-20-40-18-16-38-14-12-36-10-8-30-27(33)23-3-1-2-4-24(23)28(30)34/h1-6H,7-22H2. The van der Waals surface area contributed by atoms with Crippen LogP contribution in [0.3, 0.4) is 0 Å². The minimum Gasteiger partial charge on any atom is -0.377 e. The number of fused-ring (bicyclic) bond motifs is 1. The number of nitrogens with zero attached hydrogens (tertiary/aromatic N) is 2. The molecule has 13 heteroatoms. The molecule has 3 rings (SSSR count). The zero-order valence-electron chi connectivity index (χ0n) is 23.2. The summed E-state index contributed by atoms with van der Waals surface area (Å²) in [6, 6.07) is 6.79. The fourth-order valence-electron chi connectivity index (χ4n) is 3.83.